The molecule has 5 nitrogen and oxygen atoms in total. The molecule has 0 radical (unpaired) electrons. The number of benzene rings is 2. The summed E-state index contributed by atoms with van der Waals surface area (Å²) in [7, 11) is 0. The van der Waals surface area contributed by atoms with Gasteiger partial charge in [0.25, 0.3) is 5.91 Å². The van der Waals surface area contributed by atoms with Gasteiger partial charge in [0, 0.05) is 24.3 Å². The molecule has 2 aromatic rings. The summed E-state index contributed by atoms with van der Waals surface area (Å²) in [4.78, 5) is 14.5. The first-order valence-electron chi connectivity index (χ1n) is 10.6. The Labute approximate surface area is 174 Å². The maximum absolute atomic E-state index is 12.2. The van der Waals surface area contributed by atoms with E-state index in [4.69, 9.17) is 4.74 Å². The number of carbonyl (C=O) groups is 1. The Morgan fingerprint density at radius 1 is 0.966 bits per heavy atom. The summed E-state index contributed by atoms with van der Waals surface area (Å²) in [5.41, 5.74) is 5.25. The third-order valence-electron chi connectivity index (χ3n) is 4.78. The van der Waals surface area contributed by atoms with E-state index in [1.807, 2.05) is 24.3 Å². The van der Waals surface area contributed by atoms with Crippen molar-refractivity contribution < 1.29 is 9.53 Å². The van der Waals surface area contributed by atoms with Crippen LogP contribution < -0.4 is 15.1 Å². The molecule has 2 aromatic carbocycles. The number of hydrogen-bond acceptors (Lipinski definition) is 4. The fourth-order valence-electron chi connectivity index (χ4n) is 3.01. The van der Waals surface area contributed by atoms with Crippen LogP contribution in [0.25, 0.3) is 0 Å². The number of hydrazone groups is 1. The number of amides is 1. The Morgan fingerprint density at radius 3 is 2.28 bits per heavy atom. The van der Waals surface area contributed by atoms with E-state index in [2.05, 4.69) is 48.3 Å². The van der Waals surface area contributed by atoms with Gasteiger partial charge in [-0.15, -0.1) is 0 Å². The summed E-state index contributed by atoms with van der Waals surface area (Å²) < 4.78 is 5.70. The minimum absolute atomic E-state index is 0.240. The number of rotatable bonds is 12. The first-order valence-corrected chi connectivity index (χ1v) is 10.6. The van der Waals surface area contributed by atoms with Gasteiger partial charge in [-0.05, 0) is 62.2 Å². The van der Waals surface area contributed by atoms with E-state index < -0.39 is 0 Å². The first-order chi connectivity index (χ1) is 14.2. The molecule has 0 aromatic heterocycles. The largest absolute Gasteiger partial charge is 0.494 e. The molecule has 156 valence electrons. The van der Waals surface area contributed by atoms with Crippen LogP contribution in [0.1, 0.15) is 62.4 Å². The van der Waals surface area contributed by atoms with Gasteiger partial charge in [0.15, 0.2) is 0 Å². The molecule has 1 amide bonds. The second kappa shape index (κ2) is 12.6. The Balaban J connectivity index is 1.81. The summed E-state index contributed by atoms with van der Waals surface area (Å²) in [6, 6.07) is 15.3. The molecule has 0 spiro atoms. The summed E-state index contributed by atoms with van der Waals surface area (Å²) in [6.45, 7) is 9.13. The van der Waals surface area contributed by atoms with Gasteiger partial charge in [-0.3, -0.25) is 4.79 Å². The van der Waals surface area contributed by atoms with Crippen molar-refractivity contribution in [3.8, 4) is 5.75 Å². The van der Waals surface area contributed by atoms with Gasteiger partial charge in [0.2, 0.25) is 0 Å². The molecule has 0 bridgehead atoms. The van der Waals surface area contributed by atoms with Gasteiger partial charge in [-0.25, -0.2) is 5.43 Å². The van der Waals surface area contributed by atoms with Crippen molar-refractivity contribution in [1.82, 2.24) is 5.43 Å². The van der Waals surface area contributed by atoms with Crippen LogP contribution in [0.2, 0.25) is 0 Å². The third-order valence-corrected chi connectivity index (χ3v) is 4.78. The molecule has 1 N–H and O–H groups in total. The summed E-state index contributed by atoms with van der Waals surface area (Å²) in [6.07, 6.45) is 6.35. The van der Waals surface area contributed by atoms with Crippen LogP contribution in [0.4, 0.5) is 5.69 Å². The fraction of sp³-hybridized carbons (Fsp3) is 0.417. The van der Waals surface area contributed by atoms with Crippen molar-refractivity contribution in [3.05, 3.63) is 59.7 Å². The molecular weight excluding hydrogens is 362 g/mol. The number of nitrogens with one attached hydrogen (secondary N) is 1. The first kappa shape index (κ1) is 22.5. The molecule has 0 saturated heterocycles. The van der Waals surface area contributed by atoms with Gasteiger partial charge < -0.3 is 9.64 Å². The molecule has 0 saturated carbocycles. The van der Waals surface area contributed by atoms with E-state index in [-0.39, 0.29) is 5.91 Å². The highest BCUT2D eigenvalue weighted by Crippen LogP contribution is 2.15. The normalized spacial score (nSPS) is 10.9. The van der Waals surface area contributed by atoms with Crippen molar-refractivity contribution in [3.63, 3.8) is 0 Å². The SMILES string of the molecule is CCCCCCOc1ccc(C(=O)N/N=C/c2ccc(N(CC)CC)cc2)cc1. The smallest absolute Gasteiger partial charge is 0.271 e. The second-order valence-electron chi connectivity index (χ2n) is 6.90. The van der Waals surface area contributed by atoms with Crippen molar-refractivity contribution in [1.29, 1.82) is 0 Å². The van der Waals surface area contributed by atoms with E-state index in [9.17, 15) is 4.79 Å². The Bertz CT molecular complexity index is 751. The standard InChI is InChI=1S/C24H33N3O2/c1-4-7-8-9-18-29-23-16-12-21(13-17-23)24(28)26-25-19-20-10-14-22(15-11-20)27(5-2)6-3/h10-17,19H,4-9,18H2,1-3H3,(H,26,28)/b25-19+. The highest BCUT2D eigenvalue weighted by Gasteiger charge is 2.05. The second-order valence-corrected chi connectivity index (χ2v) is 6.90. The monoisotopic (exact) mass is 395 g/mol. The molecule has 0 aliphatic carbocycles. The summed E-state index contributed by atoms with van der Waals surface area (Å²) >= 11 is 0. The Morgan fingerprint density at radius 2 is 1.66 bits per heavy atom. The lowest BCUT2D eigenvalue weighted by Crippen LogP contribution is -2.21. The minimum Gasteiger partial charge on any atom is -0.494 e. The van der Waals surface area contributed by atoms with Crippen LogP contribution in [0.5, 0.6) is 5.75 Å². The molecular formula is C24H33N3O2. The maximum atomic E-state index is 12.2. The Hall–Kier alpha value is -2.82. The molecule has 29 heavy (non-hydrogen) atoms. The van der Waals surface area contributed by atoms with Crippen molar-refractivity contribution in [2.24, 2.45) is 5.10 Å². The maximum Gasteiger partial charge on any atom is 0.271 e. The lowest BCUT2D eigenvalue weighted by molar-refractivity contribution is 0.0955. The van der Waals surface area contributed by atoms with E-state index >= 15 is 0 Å². The zero-order valence-electron chi connectivity index (χ0n) is 17.9. The number of hydrogen-bond donors (Lipinski definition) is 1. The van der Waals surface area contributed by atoms with Gasteiger partial charge >= 0.3 is 0 Å². The summed E-state index contributed by atoms with van der Waals surface area (Å²) in [5, 5.41) is 4.06. The van der Waals surface area contributed by atoms with E-state index in [1.54, 1.807) is 18.3 Å². The van der Waals surface area contributed by atoms with Crippen molar-refractivity contribution >= 4 is 17.8 Å². The number of nitrogens with zero attached hydrogens (tertiary/aromatic N) is 2. The third kappa shape index (κ3) is 7.60. The molecule has 0 heterocycles. The number of carbonyl (C=O) groups excluding carboxylic acids is 1. The van der Waals surface area contributed by atoms with Crippen molar-refractivity contribution in [2.45, 2.75) is 46.5 Å². The topological polar surface area (TPSA) is 53.9 Å². The molecule has 0 fully saturated rings. The molecule has 0 aliphatic rings. The van der Waals surface area contributed by atoms with Gasteiger partial charge in [0.1, 0.15) is 5.75 Å². The molecule has 0 unspecified atom stereocenters. The lowest BCUT2D eigenvalue weighted by atomic mass is 10.2. The molecule has 0 atom stereocenters. The fourth-order valence-corrected chi connectivity index (χ4v) is 3.01. The quantitative estimate of drug-likeness (QED) is 0.303. The zero-order valence-corrected chi connectivity index (χ0v) is 17.9. The number of ether oxygens (including phenoxy) is 1. The summed E-state index contributed by atoms with van der Waals surface area (Å²) in [5.74, 6) is 0.547. The predicted molar refractivity (Wildman–Crippen MR) is 121 cm³/mol. The average molecular weight is 396 g/mol. The van der Waals surface area contributed by atoms with Crippen LogP contribution in [0.3, 0.4) is 0 Å². The van der Waals surface area contributed by atoms with Gasteiger partial charge in [-0.1, -0.05) is 38.3 Å². The molecule has 0 aliphatic heterocycles. The Kier molecular flexibility index (Phi) is 9.76. The average Bonchev–Trinajstić information content (AvgIpc) is 2.76. The van der Waals surface area contributed by atoms with Crippen LogP contribution in [0, 0.1) is 0 Å². The molecule has 2 rings (SSSR count). The van der Waals surface area contributed by atoms with Gasteiger partial charge in [0.05, 0.1) is 12.8 Å². The van der Waals surface area contributed by atoms with Crippen LogP contribution in [-0.2, 0) is 0 Å². The van der Waals surface area contributed by atoms with Crippen LogP contribution >= 0.6 is 0 Å². The van der Waals surface area contributed by atoms with Crippen LogP contribution in [-0.4, -0.2) is 31.8 Å². The van der Waals surface area contributed by atoms with Gasteiger partial charge in [-0.2, -0.15) is 5.10 Å². The number of anilines is 1. The molecule has 5 heteroatoms. The lowest BCUT2D eigenvalue weighted by Gasteiger charge is -2.20. The van der Waals surface area contributed by atoms with E-state index in [0.29, 0.717) is 12.2 Å². The highest BCUT2D eigenvalue weighted by molar-refractivity contribution is 5.95. The highest BCUT2D eigenvalue weighted by atomic mass is 16.5. The van der Waals surface area contributed by atoms with E-state index in [0.717, 1.165) is 30.8 Å². The van der Waals surface area contributed by atoms with Crippen LogP contribution in [0.15, 0.2) is 53.6 Å². The predicted octanol–water partition coefficient (Wildman–Crippen LogP) is 5.26. The van der Waals surface area contributed by atoms with Crippen molar-refractivity contribution in [2.75, 3.05) is 24.6 Å². The number of unbranched alkanes of at least 4 members (excludes halogenated alkanes) is 3. The minimum atomic E-state index is -0.240. The zero-order chi connectivity index (χ0) is 20.9. The van der Waals surface area contributed by atoms with E-state index in [1.165, 1.54) is 24.9 Å².